The molecule has 0 radical (unpaired) electrons. The first-order valence-corrected chi connectivity index (χ1v) is 8.79. The third kappa shape index (κ3) is 4.48. The number of thioether (sulfide) groups is 1. The maximum absolute atomic E-state index is 12.2. The highest BCUT2D eigenvalue weighted by Crippen LogP contribution is 2.23. The van der Waals surface area contributed by atoms with Crippen LogP contribution in [0.2, 0.25) is 0 Å². The van der Waals surface area contributed by atoms with Gasteiger partial charge in [-0.05, 0) is 38.1 Å². The number of carbonyl (C=O) groups excluding carboxylic acids is 2. The van der Waals surface area contributed by atoms with Crippen molar-refractivity contribution in [2.24, 2.45) is 0 Å². The summed E-state index contributed by atoms with van der Waals surface area (Å²) in [5.74, 6) is 0.0488. The topological polar surface area (TPSA) is 84.4 Å². The van der Waals surface area contributed by atoms with Gasteiger partial charge < -0.3 is 10.1 Å². The second-order valence-corrected chi connectivity index (χ2v) is 6.53. The second-order valence-electron chi connectivity index (χ2n) is 5.59. The largest absolute Gasteiger partial charge is 0.447 e. The van der Waals surface area contributed by atoms with E-state index in [4.69, 9.17) is 4.74 Å². The summed E-state index contributed by atoms with van der Waals surface area (Å²) in [6.07, 6.45) is -0.369. The number of aryl methyl sites for hydroxylation is 2. The van der Waals surface area contributed by atoms with Gasteiger partial charge in [0.25, 0.3) is 0 Å². The molecule has 1 saturated heterocycles. The van der Waals surface area contributed by atoms with E-state index in [2.05, 4.69) is 15.3 Å². The van der Waals surface area contributed by atoms with Crippen molar-refractivity contribution in [3.8, 4) is 0 Å². The van der Waals surface area contributed by atoms with Crippen molar-refractivity contribution in [1.29, 1.82) is 0 Å². The molecule has 0 saturated carbocycles. The molecule has 2 amide bonds. The van der Waals surface area contributed by atoms with Crippen LogP contribution in [0.15, 0.2) is 35.5 Å². The number of anilines is 2. The normalized spacial score (nSPS) is 13.7. The molecule has 1 aliphatic heterocycles. The molecule has 2 aromatic rings. The fourth-order valence-corrected chi connectivity index (χ4v) is 3.21. The Morgan fingerprint density at radius 1 is 1.28 bits per heavy atom. The van der Waals surface area contributed by atoms with Crippen LogP contribution in [0.4, 0.5) is 16.2 Å². The fourth-order valence-electron chi connectivity index (χ4n) is 2.46. The number of cyclic esters (lactones) is 1. The molecule has 1 aromatic carbocycles. The molecule has 130 valence electrons. The van der Waals surface area contributed by atoms with Crippen molar-refractivity contribution in [2.75, 3.05) is 29.1 Å². The van der Waals surface area contributed by atoms with Crippen molar-refractivity contribution < 1.29 is 14.3 Å². The monoisotopic (exact) mass is 358 g/mol. The Kier molecular flexibility index (Phi) is 5.18. The molecule has 0 spiro atoms. The van der Waals surface area contributed by atoms with Gasteiger partial charge in [0.15, 0.2) is 5.16 Å². The van der Waals surface area contributed by atoms with Gasteiger partial charge in [-0.2, -0.15) is 0 Å². The van der Waals surface area contributed by atoms with Crippen LogP contribution in [0.1, 0.15) is 11.4 Å². The highest BCUT2D eigenvalue weighted by atomic mass is 32.2. The van der Waals surface area contributed by atoms with Gasteiger partial charge in [-0.15, -0.1) is 0 Å². The van der Waals surface area contributed by atoms with Crippen molar-refractivity contribution in [3.63, 3.8) is 0 Å². The summed E-state index contributed by atoms with van der Waals surface area (Å²) in [6, 6.07) is 9.01. The zero-order valence-corrected chi connectivity index (χ0v) is 14.8. The summed E-state index contributed by atoms with van der Waals surface area (Å²) in [4.78, 5) is 33.9. The SMILES string of the molecule is Cc1cc(C)nc(SCC(=O)Nc2cccc(N3CCOC3=O)c2)n1. The number of ether oxygens (including phenoxy) is 1. The van der Waals surface area contributed by atoms with E-state index in [0.29, 0.717) is 29.7 Å². The molecular formula is C17H18N4O3S. The Hall–Kier alpha value is -2.61. The third-order valence-electron chi connectivity index (χ3n) is 3.50. The lowest BCUT2D eigenvalue weighted by Crippen LogP contribution is -2.23. The Morgan fingerprint density at radius 2 is 2.04 bits per heavy atom. The van der Waals surface area contributed by atoms with E-state index in [1.165, 1.54) is 16.7 Å². The minimum Gasteiger partial charge on any atom is -0.447 e. The number of carbonyl (C=O) groups is 2. The Labute approximate surface area is 149 Å². The number of nitrogens with zero attached hydrogens (tertiary/aromatic N) is 3. The first kappa shape index (κ1) is 17.2. The summed E-state index contributed by atoms with van der Waals surface area (Å²) in [6.45, 7) is 4.68. The first-order chi connectivity index (χ1) is 12.0. The summed E-state index contributed by atoms with van der Waals surface area (Å²) in [7, 11) is 0. The van der Waals surface area contributed by atoms with Gasteiger partial charge in [0, 0.05) is 22.8 Å². The van der Waals surface area contributed by atoms with E-state index < -0.39 is 0 Å². The molecular weight excluding hydrogens is 340 g/mol. The maximum Gasteiger partial charge on any atom is 0.414 e. The van der Waals surface area contributed by atoms with Crippen molar-refractivity contribution in [1.82, 2.24) is 9.97 Å². The van der Waals surface area contributed by atoms with E-state index in [1.807, 2.05) is 19.9 Å². The van der Waals surface area contributed by atoms with Gasteiger partial charge in [0.2, 0.25) is 5.91 Å². The average molecular weight is 358 g/mol. The lowest BCUT2D eigenvalue weighted by molar-refractivity contribution is -0.113. The number of benzene rings is 1. The highest BCUT2D eigenvalue weighted by Gasteiger charge is 2.23. The van der Waals surface area contributed by atoms with Crippen molar-refractivity contribution in [2.45, 2.75) is 19.0 Å². The van der Waals surface area contributed by atoms with Crippen LogP contribution in [0.5, 0.6) is 0 Å². The number of rotatable bonds is 5. The predicted molar refractivity (Wildman–Crippen MR) is 96.0 cm³/mol. The zero-order valence-electron chi connectivity index (χ0n) is 14.0. The van der Waals surface area contributed by atoms with Crippen LogP contribution >= 0.6 is 11.8 Å². The average Bonchev–Trinajstić information content (AvgIpc) is 2.98. The van der Waals surface area contributed by atoms with Crippen molar-refractivity contribution >= 4 is 35.1 Å². The molecule has 1 aromatic heterocycles. The molecule has 3 rings (SSSR count). The van der Waals surface area contributed by atoms with Gasteiger partial charge in [0.1, 0.15) is 6.61 Å². The quantitative estimate of drug-likeness (QED) is 0.653. The van der Waals surface area contributed by atoms with E-state index >= 15 is 0 Å². The van der Waals surface area contributed by atoms with E-state index in [1.54, 1.807) is 24.3 Å². The molecule has 8 heteroatoms. The number of nitrogens with one attached hydrogen (secondary N) is 1. The highest BCUT2D eigenvalue weighted by molar-refractivity contribution is 7.99. The Bertz CT molecular complexity index is 792. The van der Waals surface area contributed by atoms with E-state index in [9.17, 15) is 9.59 Å². The molecule has 1 fully saturated rings. The van der Waals surface area contributed by atoms with Crippen LogP contribution in [0, 0.1) is 13.8 Å². The number of hydrogen-bond acceptors (Lipinski definition) is 6. The predicted octanol–water partition coefficient (Wildman–Crippen LogP) is 2.78. The summed E-state index contributed by atoms with van der Waals surface area (Å²) >= 11 is 1.29. The smallest absolute Gasteiger partial charge is 0.414 e. The second kappa shape index (κ2) is 7.52. The maximum atomic E-state index is 12.2. The Morgan fingerprint density at radius 3 is 2.72 bits per heavy atom. The van der Waals surface area contributed by atoms with E-state index in [0.717, 1.165) is 11.4 Å². The molecule has 0 aliphatic carbocycles. The van der Waals surface area contributed by atoms with Crippen molar-refractivity contribution in [3.05, 3.63) is 41.7 Å². The van der Waals surface area contributed by atoms with Crippen LogP contribution in [0.3, 0.4) is 0 Å². The molecule has 25 heavy (non-hydrogen) atoms. The fraction of sp³-hybridized carbons (Fsp3) is 0.294. The number of hydrogen-bond donors (Lipinski definition) is 1. The van der Waals surface area contributed by atoms with Gasteiger partial charge in [-0.25, -0.2) is 14.8 Å². The van der Waals surface area contributed by atoms with Gasteiger partial charge in [0.05, 0.1) is 12.3 Å². The number of amides is 2. The zero-order chi connectivity index (χ0) is 17.8. The van der Waals surface area contributed by atoms with Crippen LogP contribution in [0.25, 0.3) is 0 Å². The third-order valence-corrected chi connectivity index (χ3v) is 4.34. The number of aromatic nitrogens is 2. The lowest BCUT2D eigenvalue weighted by atomic mass is 10.2. The molecule has 1 N–H and O–H groups in total. The van der Waals surface area contributed by atoms with Crippen LogP contribution in [-0.2, 0) is 9.53 Å². The minimum absolute atomic E-state index is 0.158. The molecule has 2 heterocycles. The Balaban J connectivity index is 1.60. The summed E-state index contributed by atoms with van der Waals surface area (Å²) < 4.78 is 4.93. The summed E-state index contributed by atoms with van der Waals surface area (Å²) in [5.41, 5.74) is 3.08. The summed E-state index contributed by atoms with van der Waals surface area (Å²) in [5, 5.41) is 3.41. The van der Waals surface area contributed by atoms with E-state index in [-0.39, 0.29) is 17.8 Å². The van der Waals surface area contributed by atoms with Crippen LogP contribution in [-0.4, -0.2) is 40.9 Å². The lowest BCUT2D eigenvalue weighted by Gasteiger charge is -2.14. The van der Waals surface area contributed by atoms with Gasteiger partial charge >= 0.3 is 6.09 Å². The van der Waals surface area contributed by atoms with Gasteiger partial charge in [-0.3, -0.25) is 9.69 Å². The van der Waals surface area contributed by atoms with Crippen LogP contribution < -0.4 is 10.2 Å². The first-order valence-electron chi connectivity index (χ1n) is 7.80. The molecule has 1 aliphatic rings. The molecule has 0 atom stereocenters. The standard InChI is InChI=1S/C17H18N4O3S/c1-11-8-12(2)19-16(18-11)25-10-15(22)20-13-4-3-5-14(9-13)21-6-7-24-17(21)23/h3-5,8-9H,6-7,10H2,1-2H3,(H,20,22). The molecule has 0 bridgehead atoms. The molecule has 7 nitrogen and oxygen atoms in total. The van der Waals surface area contributed by atoms with Gasteiger partial charge in [-0.1, -0.05) is 17.8 Å². The minimum atomic E-state index is -0.369. The molecule has 0 unspecified atom stereocenters.